The maximum Gasteiger partial charge on any atom is 0.115 e. The number of hydrogen-bond donors (Lipinski definition) is 2. The van der Waals surface area contributed by atoms with E-state index in [0.717, 1.165) is 22.4 Å². The van der Waals surface area contributed by atoms with Crippen LogP contribution in [0.3, 0.4) is 0 Å². The van der Waals surface area contributed by atoms with E-state index in [4.69, 9.17) is 5.73 Å². The van der Waals surface area contributed by atoms with Crippen LogP contribution in [0.4, 0.5) is 5.69 Å². The van der Waals surface area contributed by atoms with E-state index >= 15 is 0 Å². The molecule has 0 aliphatic carbocycles. The number of benzene rings is 2. The Hall–Kier alpha value is -2.22. The third kappa shape index (κ3) is 2.88. The first-order chi connectivity index (χ1) is 8.15. The summed E-state index contributed by atoms with van der Waals surface area (Å²) in [6, 6.07) is 14.9. The van der Waals surface area contributed by atoms with Gasteiger partial charge in [0.25, 0.3) is 0 Å². The van der Waals surface area contributed by atoms with E-state index in [2.05, 4.69) is 13.0 Å². The molecule has 2 nitrogen and oxygen atoms in total. The molecule has 0 aliphatic rings. The molecule has 3 N–H and O–H groups in total. The Bertz CT molecular complexity index is 524. The maximum absolute atomic E-state index is 9.20. The van der Waals surface area contributed by atoms with Crippen LogP contribution in [0.2, 0.25) is 0 Å². The molecule has 0 aromatic heterocycles. The van der Waals surface area contributed by atoms with Crippen molar-refractivity contribution in [3.63, 3.8) is 0 Å². The summed E-state index contributed by atoms with van der Waals surface area (Å²) in [5, 5.41) is 9.20. The van der Waals surface area contributed by atoms with Gasteiger partial charge in [-0.1, -0.05) is 30.3 Å². The summed E-state index contributed by atoms with van der Waals surface area (Å²) in [7, 11) is 0. The molecule has 0 atom stereocenters. The van der Waals surface area contributed by atoms with Crippen LogP contribution in [0.15, 0.2) is 48.5 Å². The van der Waals surface area contributed by atoms with E-state index in [0.29, 0.717) is 0 Å². The highest BCUT2D eigenvalue weighted by atomic mass is 16.3. The second kappa shape index (κ2) is 4.74. The van der Waals surface area contributed by atoms with Crippen LogP contribution in [0.1, 0.15) is 18.1 Å². The lowest BCUT2D eigenvalue weighted by molar-refractivity contribution is 0.475. The van der Waals surface area contributed by atoms with Crippen LogP contribution in [-0.2, 0) is 0 Å². The Labute approximate surface area is 101 Å². The number of allylic oxidation sites excluding steroid dienone is 1. The van der Waals surface area contributed by atoms with Gasteiger partial charge in [-0.3, -0.25) is 0 Å². The van der Waals surface area contributed by atoms with Gasteiger partial charge >= 0.3 is 0 Å². The number of anilines is 1. The van der Waals surface area contributed by atoms with Gasteiger partial charge in [-0.15, -0.1) is 0 Å². The van der Waals surface area contributed by atoms with Gasteiger partial charge in [0, 0.05) is 5.69 Å². The summed E-state index contributed by atoms with van der Waals surface area (Å²) in [4.78, 5) is 0. The van der Waals surface area contributed by atoms with Crippen molar-refractivity contribution in [3.05, 3.63) is 59.7 Å². The smallest absolute Gasteiger partial charge is 0.115 e. The number of nitrogen functional groups attached to an aromatic ring is 1. The predicted octanol–water partition coefficient (Wildman–Crippen LogP) is 3.53. The van der Waals surface area contributed by atoms with Crippen molar-refractivity contribution in [2.24, 2.45) is 0 Å². The van der Waals surface area contributed by atoms with Crippen LogP contribution in [-0.4, -0.2) is 5.11 Å². The maximum atomic E-state index is 9.20. The van der Waals surface area contributed by atoms with Gasteiger partial charge in [0.05, 0.1) is 0 Å². The van der Waals surface area contributed by atoms with Crippen LogP contribution in [0, 0.1) is 0 Å². The number of aromatic hydroxyl groups is 1. The minimum Gasteiger partial charge on any atom is -0.508 e. The fourth-order valence-corrected chi connectivity index (χ4v) is 1.65. The van der Waals surface area contributed by atoms with Crippen LogP contribution in [0.25, 0.3) is 11.6 Å². The number of phenolic OH excluding ortho intramolecular Hbond substituents is 1. The molecule has 0 saturated heterocycles. The molecule has 2 aromatic rings. The van der Waals surface area contributed by atoms with Gasteiger partial charge in [0.1, 0.15) is 5.75 Å². The van der Waals surface area contributed by atoms with Gasteiger partial charge in [0.15, 0.2) is 0 Å². The zero-order valence-electron chi connectivity index (χ0n) is 9.72. The summed E-state index contributed by atoms with van der Waals surface area (Å²) in [5.74, 6) is 0.285. The Morgan fingerprint density at radius 3 is 2.18 bits per heavy atom. The molecule has 0 heterocycles. The average Bonchev–Trinajstić information content (AvgIpc) is 2.33. The van der Waals surface area contributed by atoms with E-state index in [9.17, 15) is 5.11 Å². The van der Waals surface area contributed by atoms with Gasteiger partial charge in [-0.05, 0) is 47.9 Å². The highest BCUT2D eigenvalue weighted by molar-refractivity contribution is 5.80. The monoisotopic (exact) mass is 225 g/mol. The first-order valence-electron chi connectivity index (χ1n) is 5.48. The second-order valence-corrected chi connectivity index (χ2v) is 4.04. The van der Waals surface area contributed by atoms with Gasteiger partial charge < -0.3 is 10.8 Å². The van der Waals surface area contributed by atoms with Gasteiger partial charge in [-0.25, -0.2) is 0 Å². The third-order valence-corrected chi connectivity index (χ3v) is 2.64. The van der Waals surface area contributed by atoms with Crippen molar-refractivity contribution in [2.45, 2.75) is 6.92 Å². The molecule has 2 aromatic carbocycles. The summed E-state index contributed by atoms with van der Waals surface area (Å²) >= 11 is 0. The predicted molar refractivity (Wildman–Crippen MR) is 72.5 cm³/mol. The molecule has 0 fully saturated rings. The summed E-state index contributed by atoms with van der Waals surface area (Å²) in [6.45, 7) is 2.05. The fraction of sp³-hybridized carbons (Fsp3) is 0.0667. The standard InChI is InChI=1S/C15H15NO/c1-11(13-4-6-14(16)7-5-13)10-12-2-8-15(17)9-3-12/h2-10,17H,16H2,1H3/b11-10+. The Morgan fingerprint density at radius 2 is 1.59 bits per heavy atom. The molecule has 17 heavy (non-hydrogen) atoms. The highest BCUT2D eigenvalue weighted by Gasteiger charge is 1.96. The van der Waals surface area contributed by atoms with Crippen molar-refractivity contribution < 1.29 is 5.11 Å². The lowest BCUT2D eigenvalue weighted by Gasteiger charge is -2.03. The zero-order chi connectivity index (χ0) is 12.3. The van der Waals surface area contributed by atoms with Crippen molar-refractivity contribution in [2.75, 3.05) is 5.73 Å². The minimum atomic E-state index is 0.285. The van der Waals surface area contributed by atoms with E-state index in [1.807, 2.05) is 36.4 Å². The number of rotatable bonds is 2. The Kier molecular flexibility index (Phi) is 3.15. The molecule has 0 radical (unpaired) electrons. The molecule has 0 saturated carbocycles. The summed E-state index contributed by atoms with van der Waals surface area (Å²) in [6.07, 6.45) is 2.07. The number of nitrogens with two attached hydrogens (primary N) is 1. The van der Waals surface area contributed by atoms with Gasteiger partial charge in [0.2, 0.25) is 0 Å². The molecule has 0 amide bonds. The number of phenols is 1. The molecular weight excluding hydrogens is 210 g/mol. The van der Waals surface area contributed by atoms with Gasteiger partial charge in [-0.2, -0.15) is 0 Å². The first kappa shape index (κ1) is 11.3. The third-order valence-electron chi connectivity index (χ3n) is 2.64. The quantitative estimate of drug-likeness (QED) is 0.606. The van der Waals surface area contributed by atoms with E-state index in [1.54, 1.807) is 12.1 Å². The summed E-state index contributed by atoms with van der Waals surface area (Å²) in [5.41, 5.74) is 9.79. The van der Waals surface area contributed by atoms with E-state index in [1.165, 1.54) is 0 Å². The molecule has 0 aliphatic heterocycles. The highest BCUT2D eigenvalue weighted by Crippen LogP contribution is 2.20. The molecule has 0 bridgehead atoms. The normalized spacial score (nSPS) is 11.5. The minimum absolute atomic E-state index is 0.285. The molecular formula is C15H15NO. The second-order valence-electron chi connectivity index (χ2n) is 4.04. The van der Waals surface area contributed by atoms with Crippen LogP contribution >= 0.6 is 0 Å². The first-order valence-corrected chi connectivity index (χ1v) is 5.48. The topological polar surface area (TPSA) is 46.2 Å². The van der Waals surface area contributed by atoms with Crippen molar-refractivity contribution in [3.8, 4) is 5.75 Å². The SMILES string of the molecule is C/C(=C\c1ccc(O)cc1)c1ccc(N)cc1. The molecule has 86 valence electrons. The summed E-state index contributed by atoms with van der Waals surface area (Å²) < 4.78 is 0. The Morgan fingerprint density at radius 1 is 1.00 bits per heavy atom. The lowest BCUT2D eigenvalue weighted by Crippen LogP contribution is -1.85. The number of hydrogen-bond acceptors (Lipinski definition) is 2. The van der Waals surface area contributed by atoms with Crippen LogP contribution in [0.5, 0.6) is 5.75 Å². The molecule has 2 heteroatoms. The van der Waals surface area contributed by atoms with Crippen molar-refractivity contribution >= 4 is 17.3 Å². The van der Waals surface area contributed by atoms with Crippen molar-refractivity contribution in [1.82, 2.24) is 0 Å². The largest absolute Gasteiger partial charge is 0.508 e. The average molecular weight is 225 g/mol. The van der Waals surface area contributed by atoms with Crippen molar-refractivity contribution in [1.29, 1.82) is 0 Å². The lowest BCUT2D eigenvalue weighted by atomic mass is 10.0. The van der Waals surface area contributed by atoms with E-state index < -0.39 is 0 Å². The fourth-order valence-electron chi connectivity index (χ4n) is 1.65. The van der Waals surface area contributed by atoms with Crippen LogP contribution < -0.4 is 5.73 Å². The molecule has 2 rings (SSSR count). The zero-order valence-corrected chi connectivity index (χ0v) is 9.72. The van der Waals surface area contributed by atoms with E-state index in [-0.39, 0.29) is 5.75 Å². The molecule has 0 unspecified atom stereocenters. The molecule has 0 spiro atoms. The Balaban J connectivity index is 2.27.